The number of piperazine rings is 1. The van der Waals surface area contributed by atoms with Gasteiger partial charge in [0, 0.05) is 30.6 Å². The zero-order valence-corrected chi connectivity index (χ0v) is 16.1. The Morgan fingerprint density at radius 1 is 1.19 bits per heavy atom. The maximum atomic E-state index is 12.5. The summed E-state index contributed by atoms with van der Waals surface area (Å²) in [5, 5.41) is 7.95. The summed E-state index contributed by atoms with van der Waals surface area (Å²) in [6, 6.07) is 12.5. The lowest BCUT2D eigenvalue weighted by atomic mass is 10.0. The van der Waals surface area contributed by atoms with E-state index in [0.717, 1.165) is 25.8 Å². The largest absolute Gasteiger partial charge is 0.356 e. The Balaban J connectivity index is 1.35. The van der Waals surface area contributed by atoms with Crippen LogP contribution in [0.25, 0.3) is 0 Å². The summed E-state index contributed by atoms with van der Waals surface area (Å²) >= 11 is 1.70. The maximum absolute atomic E-state index is 12.5. The first-order valence-electron chi connectivity index (χ1n) is 9.60. The van der Waals surface area contributed by atoms with Gasteiger partial charge >= 0.3 is 0 Å². The van der Waals surface area contributed by atoms with Crippen LogP contribution in [0.15, 0.2) is 41.8 Å². The fourth-order valence-corrected chi connectivity index (χ4v) is 4.89. The van der Waals surface area contributed by atoms with Gasteiger partial charge in [-0.15, -0.1) is 11.3 Å². The monoisotopic (exact) mass is 383 g/mol. The van der Waals surface area contributed by atoms with Gasteiger partial charge < -0.3 is 10.6 Å². The van der Waals surface area contributed by atoms with Crippen molar-refractivity contribution in [3.05, 3.63) is 57.8 Å². The van der Waals surface area contributed by atoms with Crippen molar-refractivity contribution in [3.63, 3.8) is 0 Å². The second-order valence-corrected chi connectivity index (χ2v) is 8.29. The van der Waals surface area contributed by atoms with Gasteiger partial charge in [-0.2, -0.15) is 0 Å². The highest BCUT2D eigenvalue weighted by molar-refractivity contribution is 7.09. The molecule has 2 amide bonds. The molecule has 2 aromatic rings. The Labute approximate surface area is 163 Å². The summed E-state index contributed by atoms with van der Waals surface area (Å²) in [6.07, 6.45) is 2.98. The number of hydrogen-bond donors (Lipinski definition) is 2. The molecule has 1 atom stereocenters. The zero-order valence-electron chi connectivity index (χ0n) is 15.3. The van der Waals surface area contributed by atoms with E-state index in [1.165, 1.54) is 16.0 Å². The summed E-state index contributed by atoms with van der Waals surface area (Å²) in [6.45, 7) is 2.07. The van der Waals surface area contributed by atoms with E-state index in [-0.39, 0.29) is 24.3 Å². The lowest BCUT2D eigenvalue weighted by Crippen LogP contribution is -2.59. The van der Waals surface area contributed by atoms with Crippen LogP contribution in [0.4, 0.5) is 0 Å². The van der Waals surface area contributed by atoms with Crippen molar-refractivity contribution >= 4 is 23.2 Å². The van der Waals surface area contributed by atoms with Crippen LogP contribution in [0.3, 0.4) is 0 Å². The minimum Gasteiger partial charge on any atom is -0.356 e. The minimum atomic E-state index is -0.375. The van der Waals surface area contributed by atoms with Crippen LogP contribution in [0, 0.1) is 0 Å². The maximum Gasteiger partial charge on any atom is 0.237 e. The molecule has 0 radical (unpaired) electrons. The quantitative estimate of drug-likeness (QED) is 0.799. The van der Waals surface area contributed by atoms with E-state index < -0.39 is 0 Å². The first-order chi connectivity index (χ1) is 13.2. The van der Waals surface area contributed by atoms with Gasteiger partial charge in [0.25, 0.3) is 0 Å². The molecule has 0 saturated carbocycles. The van der Waals surface area contributed by atoms with Gasteiger partial charge in [-0.3, -0.25) is 14.5 Å². The van der Waals surface area contributed by atoms with Gasteiger partial charge in [0.2, 0.25) is 11.8 Å². The molecular formula is C21H25N3O2S. The van der Waals surface area contributed by atoms with Gasteiger partial charge in [0.15, 0.2) is 0 Å². The van der Waals surface area contributed by atoms with Crippen LogP contribution in [0.2, 0.25) is 0 Å². The molecule has 1 fully saturated rings. The van der Waals surface area contributed by atoms with E-state index in [2.05, 4.69) is 45.9 Å². The molecule has 4 rings (SSSR count). The zero-order chi connectivity index (χ0) is 18.6. The van der Waals surface area contributed by atoms with Crippen LogP contribution in [-0.4, -0.2) is 48.4 Å². The summed E-state index contributed by atoms with van der Waals surface area (Å²) in [4.78, 5) is 28.5. The molecule has 1 aromatic heterocycles. The molecule has 2 aliphatic rings. The highest BCUT2D eigenvalue weighted by Crippen LogP contribution is 2.28. The molecule has 0 spiro atoms. The van der Waals surface area contributed by atoms with Crippen molar-refractivity contribution in [2.24, 2.45) is 0 Å². The lowest BCUT2D eigenvalue weighted by Gasteiger charge is -2.38. The minimum absolute atomic E-state index is 0.0226. The summed E-state index contributed by atoms with van der Waals surface area (Å²) in [5.74, 6) is -0.0697. The van der Waals surface area contributed by atoms with Crippen molar-refractivity contribution in [2.45, 2.75) is 37.8 Å². The molecular weight excluding hydrogens is 358 g/mol. The van der Waals surface area contributed by atoms with Crippen LogP contribution in [0.5, 0.6) is 0 Å². The number of rotatable bonds is 6. The first kappa shape index (κ1) is 18.2. The molecule has 6 heteroatoms. The van der Waals surface area contributed by atoms with Crippen LogP contribution in [-0.2, 0) is 28.9 Å². The van der Waals surface area contributed by atoms with E-state index in [4.69, 9.17) is 0 Å². The summed E-state index contributed by atoms with van der Waals surface area (Å²) < 4.78 is 0. The molecule has 5 nitrogen and oxygen atoms in total. The lowest BCUT2D eigenvalue weighted by molar-refractivity contribution is -0.135. The van der Waals surface area contributed by atoms with Crippen LogP contribution < -0.4 is 10.6 Å². The number of hydrogen-bond acceptors (Lipinski definition) is 4. The predicted molar refractivity (Wildman–Crippen MR) is 107 cm³/mol. The van der Waals surface area contributed by atoms with Crippen LogP contribution in [0.1, 0.15) is 22.4 Å². The highest BCUT2D eigenvalue weighted by Gasteiger charge is 2.37. The van der Waals surface area contributed by atoms with Crippen molar-refractivity contribution in [2.75, 3.05) is 19.6 Å². The smallest absolute Gasteiger partial charge is 0.237 e. The Kier molecular flexibility index (Phi) is 5.55. The number of benzene rings is 1. The van der Waals surface area contributed by atoms with E-state index in [0.29, 0.717) is 19.1 Å². The molecule has 1 aliphatic heterocycles. The second-order valence-electron chi connectivity index (χ2n) is 7.26. The number of carbonyl (C=O) groups is 2. The van der Waals surface area contributed by atoms with E-state index in [1.54, 1.807) is 11.3 Å². The van der Waals surface area contributed by atoms with Gasteiger partial charge in [0.05, 0.1) is 12.5 Å². The molecule has 142 valence electrons. The Morgan fingerprint density at radius 3 is 2.67 bits per heavy atom. The van der Waals surface area contributed by atoms with Crippen molar-refractivity contribution in [1.29, 1.82) is 0 Å². The van der Waals surface area contributed by atoms with Crippen molar-refractivity contribution < 1.29 is 9.59 Å². The third-order valence-electron chi connectivity index (χ3n) is 5.52. The van der Waals surface area contributed by atoms with Gasteiger partial charge in [0.1, 0.15) is 0 Å². The second kappa shape index (κ2) is 8.23. The topological polar surface area (TPSA) is 61.4 Å². The van der Waals surface area contributed by atoms with E-state index in [1.807, 2.05) is 11.4 Å². The fraction of sp³-hybridized carbons (Fsp3) is 0.429. The number of fused-ring (bicyclic) bond motifs is 1. The van der Waals surface area contributed by atoms with Gasteiger partial charge in [-0.25, -0.2) is 0 Å². The number of nitrogens with zero attached hydrogens (tertiary/aromatic N) is 1. The molecule has 1 saturated heterocycles. The van der Waals surface area contributed by atoms with Crippen molar-refractivity contribution in [1.82, 2.24) is 15.5 Å². The Morgan fingerprint density at radius 2 is 1.96 bits per heavy atom. The first-order valence-corrected chi connectivity index (χ1v) is 10.5. The molecule has 1 unspecified atom stereocenters. The fourth-order valence-electron chi connectivity index (χ4n) is 4.18. The average molecular weight is 384 g/mol. The normalized spacial score (nSPS) is 20.3. The SMILES string of the molecule is O=C(CC1C(=O)NCCN1C1Cc2ccccc2C1)NCCc1cccs1. The third kappa shape index (κ3) is 4.22. The molecule has 0 bridgehead atoms. The predicted octanol–water partition coefficient (Wildman–Crippen LogP) is 1.76. The Bertz CT molecular complexity index is 781. The summed E-state index contributed by atoms with van der Waals surface area (Å²) in [5.41, 5.74) is 2.74. The van der Waals surface area contributed by atoms with Crippen LogP contribution >= 0.6 is 11.3 Å². The van der Waals surface area contributed by atoms with E-state index >= 15 is 0 Å². The van der Waals surface area contributed by atoms with E-state index in [9.17, 15) is 9.59 Å². The average Bonchev–Trinajstić information content (AvgIpc) is 3.32. The number of carbonyl (C=O) groups excluding carboxylic acids is 2. The standard InChI is InChI=1S/C21H25N3O2S/c25-20(22-8-7-18-6-3-11-27-18)14-19-21(26)23-9-10-24(19)17-12-15-4-1-2-5-16(15)13-17/h1-6,11,17,19H,7-10,12-14H2,(H,22,25)(H,23,26). The number of thiophene rings is 1. The highest BCUT2D eigenvalue weighted by atomic mass is 32.1. The van der Waals surface area contributed by atoms with Gasteiger partial charge in [-0.05, 0) is 41.8 Å². The third-order valence-corrected chi connectivity index (χ3v) is 6.46. The molecule has 2 heterocycles. The summed E-state index contributed by atoms with van der Waals surface area (Å²) in [7, 11) is 0. The molecule has 1 aliphatic carbocycles. The molecule has 2 N–H and O–H groups in total. The molecule has 1 aromatic carbocycles. The van der Waals surface area contributed by atoms with Crippen molar-refractivity contribution in [3.8, 4) is 0 Å². The molecule has 27 heavy (non-hydrogen) atoms. The Hall–Kier alpha value is -2.18. The number of nitrogens with one attached hydrogen (secondary N) is 2. The van der Waals surface area contributed by atoms with Gasteiger partial charge in [-0.1, -0.05) is 30.3 Å². The number of amides is 2.